The number of aliphatic hydroxyl groups excluding tert-OH is 1. The minimum atomic E-state index is -0.551. The van der Waals surface area contributed by atoms with Crippen LogP contribution in [-0.2, 0) is 4.84 Å². The number of pyridine rings is 1. The van der Waals surface area contributed by atoms with Crippen LogP contribution in [-0.4, -0.2) is 29.2 Å². The lowest BCUT2D eigenvalue weighted by Crippen LogP contribution is -2.24. The fourth-order valence-corrected chi connectivity index (χ4v) is 2.66. The number of hydrogen-bond donors (Lipinski definition) is 3. The fraction of sp³-hybridized carbons (Fsp3) is 0.222. The van der Waals surface area contributed by atoms with E-state index >= 15 is 0 Å². The maximum Gasteiger partial charge on any atom is 0.312 e. The van der Waals surface area contributed by atoms with Gasteiger partial charge in [-0.05, 0) is 37.1 Å². The summed E-state index contributed by atoms with van der Waals surface area (Å²) in [4.78, 5) is 21.6. The number of nitrogens with zero attached hydrogens (tertiary/aromatic N) is 1. The molecular formula is C18H18ClN3O4. The first-order valence-electron chi connectivity index (χ1n) is 8.03. The smallest absolute Gasteiger partial charge is 0.312 e. The predicted molar refractivity (Wildman–Crippen MR) is 98.6 cm³/mol. The zero-order chi connectivity index (χ0) is 18.5. The molecule has 0 bridgehead atoms. The molecule has 3 aromatic rings. The van der Waals surface area contributed by atoms with Crippen LogP contribution in [0, 0.1) is 6.92 Å². The van der Waals surface area contributed by atoms with E-state index in [9.17, 15) is 4.79 Å². The van der Waals surface area contributed by atoms with Gasteiger partial charge in [-0.25, -0.2) is 5.48 Å². The number of aryl methyl sites for hydroxylation is 1. The summed E-state index contributed by atoms with van der Waals surface area (Å²) in [6.45, 7) is 2.11. The Hall–Kier alpha value is -2.61. The van der Waals surface area contributed by atoms with Crippen molar-refractivity contribution in [2.45, 2.75) is 13.3 Å². The second-order valence-corrected chi connectivity index (χ2v) is 6.05. The Morgan fingerprint density at radius 1 is 1.38 bits per heavy atom. The number of amides is 1. The summed E-state index contributed by atoms with van der Waals surface area (Å²) in [6, 6.07) is 7.22. The summed E-state index contributed by atoms with van der Waals surface area (Å²) >= 11 is 6.29. The highest BCUT2D eigenvalue weighted by Crippen LogP contribution is 2.35. The number of nitrogens with one attached hydrogen (secondary N) is 2. The minimum Gasteiger partial charge on any atom is -0.448 e. The molecule has 0 saturated heterocycles. The molecule has 1 aromatic carbocycles. The third kappa shape index (κ3) is 3.96. The molecule has 0 spiro atoms. The highest BCUT2D eigenvalue weighted by atomic mass is 35.5. The summed E-state index contributed by atoms with van der Waals surface area (Å²) < 4.78 is 5.67. The molecule has 0 aliphatic carbocycles. The summed E-state index contributed by atoms with van der Waals surface area (Å²) in [7, 11) is 0. The lowest BCUT2D eigenvalue weighted by Gasteiger charge is -2.10. The van der Waals surface area contributed by atoms with E-state index in [0.29, 0.717) is 33.8 Å². The van der Waals surface area contributed by atoms with Gasteiger partial charge in [0.15, 0.2) is 0 Å². The SMILES string of the molecule is Cc1ccc(Nc2c(C(=O)NOCCCO)oc3ccncc23)c(Cl)c1. The first-order valence-corrected chi connectivity index (χ1v) is 8.40. The Morgan fingerprint density at radius 2 is 2.23 bits per heavy atom. The van der Waals surface area contributed by atoms with E-state index < -0.39 is 5.91 Å². The van der Waals surface area contributed by atoms with Crippen molar-refractivity contribution in [1.82, 2.24) is 10.5 Å². The third-order valence-corrected chi connectivity index (χ3v) is 3.96. The number of benzene rings is 1. The van der Waals surface area contributed by atoms with Crippen LogP contribution >= 0.6 is 11.6 Å². The number of anilines is 2. The number of hydroxylamine groups is 1. The van der Waals surface area contributed by atoms with Crippen LogP contribution in [0.15, 0.2) is 41.1 Å². The Labute approximate surface area is 154 Å². The molecule has 2 heterocycles. The number of hydrogen-bond acceptors (Lipinski definition) is 6. The van der Waals surface area contributed by atoms with E-state index in [-0.39, 0.29) is 19.0 Å². The normalized spacial score (nSPS) is 10.9. The second-order valence-electron chi connectivity index (χ2n) is 5.64. The Kier molecular flexibility index (Phi) is 5.72. The average Bonchev–Trinajstić information content (AvgIpc) is 3.00. The van der Waals surface area contributed by atoms with Gasteiger partial charge in [0, 0.05) is 19.0 Å². The molecular weight excluding hydrogens is 358 g/mol. The lowest BCUT2D eigenvalue weighted by atomic mass is 10.2. The van der Waals surface area contributed by atoms with Crippen molar-refractivity contribution in [3.8, 4) is 0 Å². The largest absolute Gasteiger partial charge is 0.448 e. The van der Waals surface area contributed by atoms with Gasteiger partial charge in [0.25, 0.3) is 0 Å². The molecule has 3 rings (SSSR count). The summed E-state index contributed by atoms with van der Waals surface area (Å²) in [6.07, 6.45) is 3.59. The van der Waals surface area contributed by atoms with Gasteiger partial charge in [-0.15, -0.1) is 0 Å². The Bertz CT molecular complexity index is 926. The monoisotopic (exact) mass is 375 g/mol. The van der Waals surface area contributed by atoms with E-state index in [1.807, 2.05) is 25.1 Å². The number of carbonyl (C=O) groups is 1. The molecule has 3 N–H and O–H groups in total. The van der Waals surface area contributed by atoms with Gasteiger partial charge in [0.1, 0.15) is 11.3 Å². The highest BCUT2D eigenvalue weighted by molar-refractivity contribution is 6.33. The number of carbonyl (C=O) groups excluding carboxylic acids is 1. The molecule has 136 valence electrons. The number of aliphatic hydroxyl groups is 1. The summed E-state index contributed by atoms with van der Waals surface area (Å²) in [5.41, 5.74) is 4.92. The number of halogens is 1. The van der Waals surface area contributed by atoms with Crippen molar-refractivity contribution < 1.29 is 19.2 Å². The highest BCUT2D eigenvalue weighted by Gasteiger charge is 2.22. The van der Waals surface area contributed by atoms with Gasteiger partial charge >= 0.3 is 5.91 Å². The quantitative estimate of drug-likeness (QED) is 0.431. The number of fused-ring (bicyclic) bond motifs is 1. The van der Waals surface area contributed by atoms with E-state index in [1.54, 1.807) is 18.5 Å². The van der Waals surface area contributed by atoms with Gasteiger partial charge in [-0.1, -0.05) is 17.7 Å². The molecule has 0 aliphatic heterocycles. The van der Waals surface area contributed by atoms with E-state index in [2.05, 4.69) is 15.8 Å². The zero-order valence-corrected chi connectivity index (χ0v) is 14.8. The van der Waals surface area contributed by atoms with Gasteiger partial charge in [-0.3, -0.25) is 14.6 Å². The molecule has 2 aromatic heterocycles. The number of aromatic nitrogens is 1. The van der Waals surface area contributed by atoms with Gasteiger partial charge in [0.2, 0.25) is 5.76 Å². The van der Waals surface area contributed by atoms with Crippen LogP contribution in [0.1, 0.15) is 22.5 Å². The molecule has 8 heteroatoms. The van der Waals surface area contributed by atoms with Crippen molar-refractivity contribution in [1.29, 1.82) is 0 Å². The first kappa shape index (κ1) is 18.2. The van der Waals surface area contributed by atoms with Crippen LogP contribution in [0.25, 0.3) is 11.0 Å². The second kappa shape index (κ2) is 8.18. The molecule has 0 radical (unpaired) electrons. The van der Waals surface area contributed by atoms with Crippen LogP contribution < -0.4 is 10.8 Å². The molecule has 1 amide bonds. The maximum absolute atomic E-state index is 12.4. The zero-order valence-electron chi connectivity index (χ0n) is 14.1. The van der Waals surface area contributed by atoms with Crippen molar-refractivity contribution >= 4 is 39.9 Å². The fourth-order valence-electron chi connectivity index (χ4n) is 2.38. The Morgan fingerprint density at radius 3 is 3.00 bits per heavy atom. The van der Waals surface area contributed by atoms with Crippen molar-refractivity contribution in [2.24, 2.45) is 0 Å². The molecule has 0 saturated carbocycles. The third-order valence-electron chi connectivity index (χ3n) is 3.65. The topological polar surface area (TPSA) is 96.6 Å². The van der Waals surface area contributed by atoms with Crippen LogP contribution in [0.3, 0.4) is 0 Å². The molecule has 26 heavy (non-hydrogen) atoms. The molecule has 0 unspecified atom stereocenters. The van der Waals surface area contributed by atoms with Crippen molar-refractivity contribution in [3.63, 3.8) is 0 Å². The number of rotatable bonds is 7. The van der Waals surface area contributed by atoms with Crippen LogP contribution in [0.4, 0.5) is 11.4 Å². The van der Waals surface area contributed by atoms with E-state index in [1.165, 1.54) is 0 Å². The molecule has 0 aliphatic rings. The number of furan rings is 1. The van der Waals surface area contributed by atoms with E-state index in [4.69, 9.17) is 26.0 Å². The van der Waals surface area contributed by atoms with Crippen LogP contribution in [0.2, 0.25) is 5.02 Å². The maximum atomic E-state index is 12.4. The summed E-state index contributed by atoms with van der Waals surface area (Å²) in [5.74, 6) is -0.501. The van der Waals surface area contributed by atoms with Crippen molar-refractivity contribution in [3.05, 3.63) is 53.0 Å². The Balaban J connectivity index is 1.93. The molecule has 0 atom stereocenters. The first-order chi connectivity index (χ1) is 12.6. The van der Waals surface area contributed by atoms with Gasteiger partial charge in [-0.2, -0.15) is 0 Å². The predicted octanol–water partition coefficient (Wildman–Crippen LogP) is 3.58. The van der Waals surface area contributed by atoms with E-state index in [0.717, 1.165) is 5.56 Å². The van der Waals surface area contributed by atoms with Crippen molar-refractivity contribution in [2.75, 3.05) is 18.5 Å². The standard InChI is InChI=1S/C18H18ClN3O4/c1-11-3-4-14(13(19)9-11)21-16-12-10-20-6-5-15(12)26-17(16)18(24)22-25-8-2-7-23/h3-6,9-10,21,23H,2,7-8H2,1H3,(H,22,24). The van der Waals surface area contributed by atoms with Gasteiger partial charge in [0.05, 0.1) is 22.7 Å². The lowest BCUT2D eigenvalue weighted by molar-refractivity contribution is 0.0243. The molecule has 7 nitrogen and oxygen atoms in total. The average molecular weight is 376 g/mol. The minimum absolute atomic E-state index is 0.0229. The van der Waals surface area contributed by atoms with Crippen LogP contribution in [0.5, 0.6) is 0 Å². The summed E-state index contributed by atoms with van der Waals surface area (Å²) in [5, 5.41) is 13.1. The van der Waals surface area contributed by atoms with Gasteiger partial charge < -0.3 is 14.8 Å². The molecule has 0 fully saturated rings.